The molecule has 0 spiro atoms. The van der Waals surface area contributed by atoms with Crippen molar-refractivity contribution in [2.45, 2.75) is 6.92 Å². The van der Waals surface area contributed by atoms with E-state index in [1.54, 1.807) is 35.1 Å². The number of nitrogens with zero attached hydrogens (tertiary/aromatic N) is 5. The highest BCUT2D eigenvalue weighted by atomic mass is 15.3. The highest BCUT2D eigenvalue weighted by molar-refractivity contribution is 5.59. The highest BCUT2D eigenvalue weighted by Crippen LogP contribution is 2.16. The van der Waals surface area contributed by atoms with Crippen LogP contribution in [-0.4, -0.2) is 9.78 Å². The van der Waals surface area contributed by atoms with Gasteiger partial charge in [0.15, 0.2) is 5.57 Å². The lowest BCUT2D eigenvalue weighted by molar-refractivity contribution is 0.880. The molecule has 0 aliphatic rings. The molecule has 0 saturated heterocycles. The Morgan fingerprint density at radius 2 is 1.76 bits per heavy atom. The zero-order chi connectivity index (χ0) is 15.2. The quantitative estimate of drug-likeness (QED) is 0.866. The molecule has 0 atom stereocenters. The first-order valence-corrected chi connectivity index (χ1v) is 6.01. The monoisotopic (exact) mass is 274 g/mol. The second-order valence-corrected chi connectivity index (χ2v) is 4.22. The molecule has 0 radical (unpaired) electrons. The minimum atomic E-state index is -0.246. The number of nitriles is 3. The Bertz CT molecular complexity index is 790. The number of hydrogen-bond donors (Lipinski definition) is 1. The van der Waals surface area contributed by atoms with E-state index in [4.69, 9.17) is 15.8 Å². The zero-order valence-electron chi connectivity index (χ0n) is 11.2. The number of nitrogens with one attached hydrogen (secondary N) is 1. The number of aryl methyl sites for hydroxylation is 1. The predicted octanol–water partition coefficient (Wildman–Crippen LogP) is 2.42. The SMILES string of the molecule is Cc1cnn(-c2ccc(NC(C#N)=C(C#N)C#N)cc2)c1. The predicted molar refractivity (Wildman–Crippen MR) is 75.8 cm³/mol. The Balaban J connectivity index is 2.25. The van der Waals surface area contributed by atoms with E-state index in [0.717, 1.165) is 11.3 Å². The van der Waals surface area contributed by atoms with Crippen LogP contribution in [0.5, 0.6) is 0 Å². The summed E-state index contributed by atoms with van der Waals surface area (Å²) in [5.74, 6) is 0. The van der Waals surface area contributed by atoms with Crippen molar-refractivity contribution in [2.75, 3.05) is 5.32 Å². The molecule has 2 rings (SSSR count). The molecule has 6 nitrogen and oxygen atoms in total. The standard InChI is InChI=1S/C15H10N6/c1-11-9-19-21(10-11)14-4-2-13(3-5-14)20-15(8-18)12(6-16)7-17/h2-5,9-10,20H,1H3. The summed E-state index contributed by atoms with van der Waals surface area (Å²) in [5, 5.41) is 33.5. The smallest absolute Gasteiger partial charge is 0.163 e. The third-order valence-corrected chi connectivity index (χ3v) is 2.70. The van der Waals surface area contributed by atoms with Gasteiger partial charge in [-0.25, -0.2) is 4.68 Å². The van der Waals surface area contributed by atoms with E-state index in [2.05, 4.69) is 10.4 Å². The fraction of sp³-hybridized carbons (Fsp3) is 0.0667. The molecule has 100 valence electrons. The first kappa shape index (κ1) is 13.9. The minimum Gasteiger partial charge on any atom is -0.345 e. The number of allylic oxidation sites excluding steroid dienone is 2. The third-order valence-electron chi connectivity index (χ3n) is 2.70. The summed E-state index contributed by atoms with van der Waals surface area (Å²) < 4.78 is 1.73. The summed E-state index contributed by atoms with van der Waals surface area (Å²) in [6, 6.07) is 12.3. The van der Waals surface area contributed by atoms with Gasteiger partial charge in [-0.2, -0.15) is 20.9 Å². The number of hydrogen-bond acceptors (Lipinski definition) is 5. The van der Waals surface area contributed by atoms with Crippen LogP contribution in [0.15, 0.2) is 47.9 Å². The molecule has 1 aromatic carbocycles. The average Bonchev–Trinajstić information content (AvgIpc) is 2.94. The van der Waals surface area contributed by atoms with Gasteiger partial charge in [0.05, 0.1) is 11.9 Å². The molecule has 0 bridgehead atoms. The van der Waals surface area contributed by atoms with E-state index >= 15 is 0 Å². The normalized spacial score (nSPS) is 9.05. The summed E-state index contributed by atoms with van der Waals surface area (Å²) in [4.78, 5) is 0. The van der Waals surface area contributed by atoms with Crippen LogP contribution < -0.4 is 5.32 Å². The first-order valence-electron chi connectivity index (χ1n) is 6.01. The van der Waals surface area contributed by atoms with E-state index in [0.29, 0.717) is 5.69 Å². The highest BCUT2D eigenvalue weighted by Gasteiger charge is 2.06. The van der Waals surface area contributed by atoms with Crippen LogP contribution in [0.1, 0.15) is 5.56 Å². The van der Waals surface area contributed by atoms with Crippen molar-refractivity contribution in [1.82, 2.24) is 9.78 Å². The maximum atomic E-state index is 8.97. The Kier molecular flexibility index (Phi) is 4.00. The van der Waals surface area contributed by atoms with Crippen LogP contribution in [0.3, 0.4) is 0 Å². The molecule has 1 heterocycles. The number of benzene rings is 1. The Hall–Kier alpha value is -3.56. The summed E-state index contributed by atoms with van der Waals surface area (Å²) >= 11 is 0. The average molecular weight is 274 g/mol. The van der Waals surface area contributed by atoms with Gasteiger partial charge in [0, 0.05) is 11.9 Å². The Morgan fingerprint density at radius 3 is 2.24 bits per heavy atom. The summed E-state index contributed by atoms with van der Waals surface area (Å²) in [7, 11) is 0. The van der Waals surface area contributed by atoms with E-state index in [1.165, 1.54) is 0 Å². The van der Waals surface area contributed by atoms with E-state index in [9.17, 15) is 0 Å². The fourth-order valence-electron chi connectivity index (χ4n) is 1.68. The third kappa shape index (κ3) is 3.07. The van der Waals surface area contributed by atoms with Gasteiger partial charge in [-0.1, -0.05) is 0 Å². The fourth-order valence-corrected chi connectivity index (χ4v) is 1.68. The lowest BCUT2D eigenvalue weighted by atomic mass is 10.2. The molecule has 0 saturated carbocycles. The van der Waals surface area contributed by atoms with Crippen LogP contribution >= 0.6 is 0 Å². The maximum absolute atomic E-state index is 8.97. The molecule has 0 aliphatic heterocycles. The van der Waals surface area contributed by atoms with Crippen molar-refractivity contribution in [1.29, 1.82) is 15.8 Å². The number of aromatic nitrogens is 2. The van der Waals surface area contributed by atoms with E-state index in [-0.39, 0.29) is 11.3 Å². The largest absolute Gasteiger partial charge is 0.345 e. The van der Waals surface area contributed by atoms with Crippen molar-refractivity contribution >= 4 is 5.69 Å². The lowest BCUT2D eigenvalue weighted by Crippen LogP contribution is -2.01. The molecule has 0 aliphatic carbocycles. The number of rotatable bonds is 3. The second kappa shape index (κ2) is 6.06. The molecular formula is C15H10N6. The molecule has 21 heavy (non-hydrogen) atoms. The Morgan fingerprint density at radius 1 is 1.10 bits per heavy atom. The molecule has 6 heteroatoms. The first-order chi connectivity index (χ1) is 10.2. The topological polar surface area (TPSA) is 101 Å². The molecule has 0 unspecified atom stereocenters. The summed E-state index contributed by atoms with van der Waals surface area (Å²) in [6.07, 6.45) is 3.65. The van der Waals surface area contributed by atoms with Crippen LogP contribution in [-0.2, 0) is 0 Å². The van der Waals surface area contributed by atoms with Gasteiger partial charge >= 0.3 is 0 Å². The van der Waals surface area contributed by atoms with Gasteiger partial charge in [-0.05, 0) is 36.8 Å². The molecule has 0 fully saturated rings. The molecular weight excluding hydrogens is 264 g/mol. The van der Waals surface area contributed by atoms with Gasteiger partial charge in [-0.3, -0.25) is 0 Å². The Labute approximate surface area is 121 Å². The van der Waals surface area contributed by atoms with Gasteiger partial charge in [0.2, 0.25) is 0 Å². The summed E-state index contributed by atoms with van der Waals surface area (Å²) in [6.45, 7) is 1.95. The number of anilines is 1. The van der Waals surface area contributed by atoms with Crippen LogP contribution in [0.25, 0.3) is 5.69 Å². The van der Waals surface area contributed by atoms with Gasteiger partial charge in [0.1, 0.15) is 23.9 Å². The minimum absolute atomic E-state index is 0.0670. The second-order valence-electron chi connectivity index (χ2n) is 4.22. The summed E-state index contributed by atoms with van der Waals surface area (Å²) in [5.41, 5.74) is 2.23. The molecule has 1 N–H and O–H groups in total. The van der Waals surface area contributed by atoms with Gasteiger partial charge in [0.25, 0.3) is 0 Å². The zero-order valence-corrected chi connectivity index (χ0v) is 11.2. The van der Waals surface area contributed by atoms with Gasteiger partial charge < -0.3 is 5.32 Å². The van der Waals surface area contributed by atoms with Crippen molar-refractivity contribution in [3.63, 3.8) is 0 Å². The molecule has 0 amide bonds. The van der Waals surface area contributed by atoms with Crippen molar-refractivity contribution < 1.29 is 0 Å². The van der Waals surface area contributed by atoms with Crippen LogP contribution in [0, 0.1) is 40.9 Å². The van der Waals surface area contributed by atoms with Crippen molar-refractivity contribution in [2.24, 2.45) is 0 Å². The van der Waals surface area contributed by atoms with E-state index in [1.807, 2.05) is 31.3 Å². The lowest BCUT2D eigenvalue weighted by Gasteiger charge is -2.06. The van der Waals surface area contributed by atoms with Crippen molar-refractivity contribution in [3.05, 3.63) is 53.5 Å². The molecule has 1 aromatic heterocycles. The molecule has 2 aromatic rings. The van der Waals surface area contributed by atoms with Crippen LogP contribution in [0.4, 0.5) is 5.69 Å². The maximum Gasteiger partial charge on any atom is 0.163 e. The van der Waals surface area contributed by atoms with Gasteiger partial charge in [-0.15, -0.1) is 0 Å². The van der Waals surface area contributed by atoms with Crippen LogP contribution in [0.2, 0.25) is 0 Å². The van der Waals surface area contributed by atoms with E-state index < -0.39 is 0 Å². The van der Waals surface area contributed by atoms with Crippen molar-refractivity contribution in [3.8, 4) is 23.9 Å².